The first-order chi connectivity index (χ1) is 9.66. The van der Waals surface area contributed by atoms with Gasteiger partial charge in [0.25, 0.3) is 0 Å². The van der Waals surface area contributed by atoms with Gasteiger partial charge < -0.3 is 0 Å². The van der Waals surface area contributed by atoms with Crippen molar-refractivity contribution in [1.82, 2.24) is 4.98 Å². The van der Waals surface area contributed by atoms with E-state index in [1.165, 1.54) is 5.56 Å². The highest BCUT2D eigenvalue weighted by Gasteiger charge is 2.29. The summed E-state index contributed by atoms with van der Waals surface area (Å²) in [4.78, 5) is 17.2. The number of pyridine rings is 1. The first-order valence-corrected chi connectivity index (χ1v) is 7.77. The lowest BCUT2D eigenvalue weighted by atomic mass is 9.82. The lowest BCUT2D eigenvalue weighted by Crippen LogP contribution is -2.20. The van der Waals surface area contributed by atoms with Crippen molar-refractivity contribution in [2.24, 2.45) is 0 Å². The lowest BCUT2D eigenvalue weighted by Gasteiger charge is -2.23. The average Bonchev–Trinajstić information content (AvgIpc) is 2.48. The van der Waals surface area contributed by atoms with E-state index in [0.717, 1.165) is 29.4 Å². The number of hydrogen-bond acceptors (Lipinski definition) is 2. The molecule has 0 bridgehead atoms. The van der Waals surface area contributed by atoms with Crippen molar-refractivity contribution in [3.05, 3.63) is 62.8 Å². The molecule has 0 spiro atoms. The highest BCUT2D eigenvalue weighted by Crippen LogP contribution is 2.34. The smallest absolute Gasteiger partial charge is 0.173 e. The van der Waals surface area contributed by atoms with E-state index in [9.17, 15) is 4.79 Å². The van der Waals surface area contributed by atoms with Crippen molar-refractivity contribution in [2.45, 2.75) is 25.2 Å². The summed E-state index contributed by atoms with van der Waals surface area (Å²) in [6, 6.07) is 9.37. The molecule has 1 heterocycles. The normalized spacial score (nSPS) is 17.6. The molecule has 0 N–H and O–H groups in total. The topological polar surface area (TPSA) is 30.0 Å². The number of halogens is 2. The quantitative estimate of drug-likeness (QED) is 0.728. The Kier molecular flexibility index (Phi) is 3.90. The number of carbonyl (C=O) groups excluding carboxylic acids is 1. The van der Waals surface area contributed by atoms with Crippen molar-refractivity contribution in [1.29, 1.82) is 0 Å². The maximum atomic E-state index is 12.8. The van der Waals surface area contributed by atoms with Crippen LogP contribution >= 0.6 is 27.5 Å². The molecule has 2 nitrogen and oxygen atoms in total. The Hall–Kier alpha value is -1.19. The minimum Gasteiger partial charge on any atom is -0.293 e. The maximum Gasteiger partial charge on any atom is 0.173 e. The van der Waals surface area contributed by atoms with Crippen LogP contribution in [0, 0.1) is 0 Å². The first kappa shape index (κ1) is 13.8. The van der Waals surface area contributed by atoms with Crippen LogP contribution in [0.5, 0.6) is 0 Å². The molecule has 3 rings (SSSR count). The van der Waals surface area contributed by atoms with Crippen LogP contribution in [-0.2, 0) is 6.42 Å². The predicted octanol–water partition coefficient (Wildman–Crippen LogP) is 4.80. The highest BCUT2D eigenvalue weighted by atomic mass is 79.9. The molecule has 1 unspecified atom stereocenters. The molecule has 1 aromatic carbocycles. The van der Waals surface area contributed by atoms with E-state index in [2.05, 4.69) is 27.0 Å². The van der Waals surface area contributed by atoms with Crippen molar-refractivity contribution in [3.8, 4) is 0 Å². The number of nitrogens with zero attached hydrogens (tertiary/aromatic N) is 1. The van der Waals surface area contributed by atoms with Gasteiger partial charge in [0, 0.05) is 16.2 Å². The van der Waals surface area contributed by atoms with Gasteiger partial charge >= 0.3 is 0 Å². The summed E-state index contributed by atoms with van der Waals surface area (Å²) in [5.74, 6) is -0.109. The SMILES string of the molecule is O=C(c1cc(Br)ccc1Cl)C1CCCc2cccnc21. The third kappa shape index (κ3) is 2.52. The summed E-state index contributed by atoms with van der Waals surface area (Å²) in [6.07, 6.45) is 4.61. The van der Waals surface area contributed by atoms with Gasteiger partial charge in [-0.05, 0) is 49.1 Å². The fraction of sp³-hybridized carbons (Fsp3) is 0.250. The summed E-state index contributed by atoms with van der Waals surface area (Å²) in [5.41, 5.74) is 2.67. The molecule has 0 aliphatic heterocycles. The van der Waals surface area contributed by atoms with Crippen LogP contribution in [0.1, 0.15) is 40.4 Å². The molecular formula is C16H13BrClNO. The standard InChI is InChI=1S/C16H13BrClNO/c17-11-6-7-14(18)13(9-11)16(20)12-5-1-3-10-4-2-8-19-15(10)12/h2,4,6-9,12H,1,3,5H2. The second-order valence-electron chi connectivity index (χ2n) is 4.98. The predicted molar refractivity (Wildman–Crippen MR) is 83.4 cm³/mol. The second kappa shape index (κ2) is 5.66. The molecule has 2 aromatic rings. The van der Waals surface area contributed by atoms with Gasteiger partial charge in [0.05, 0.1) is 16.6 Å². The summed E-state index contributed by atoms with van der Waals surface area (Å²) in [7, 11) is 0. The van der Waals surface area contributed by atoms with E-state index in [1.807, 2.05) is 12.1 Å². The van der Waals surface area contributed by atoms with Gasteiger partial charge in [0.2, 0.25) is 0 Å². The molecule has 0 radical (unpaired) electrons. The first-order valence-electron chi connectivity index (χ1n) is 6.60. The summed E-state index contributed by atoms with van der Waals surface area (Å²) >= 11 is 9.57. The minimum absolute atomic E-state index is 0.0657. The van der Waals surface area contributed by atoms with Gasteiger partial charge in [-0.15, -0.1) is 0 Å². The molecule has 1 atom stereocenters. The van der Waals surface area contributed by atoms with Crippen molar-refractivity contribution >= 4 is 33.3 Å². The molecule has 0 saturated heterocycles. The number of carbonyl (C=O) groups is 1. The number of ketones is 1. The van der Waals surface area contributed by atoms with Gasteiger partial charge in [0.1, 0.15) is 0 Å². The van der Waals surface area contributed by atoms with Crippen molar-refractivity contribution < 1.29 is 4.79 Å². The minimum atomic E-state index is -0.174. The van der Waals surface area contributed by atoms with Gasteiger partial charge in [-0.25, -0.2) is 0 Å². The third-order valence-corrected chi connectivity index (χ3v) is 4.53. The number of aryl methyl sites for hydroxylation is 1. The van der Waals surface area contributed by atoms with Crippen LogP contribution in [0.25, 0.3) is 0 Å². The molecule has 0 saturated carbocycles. The van der Waals surface area contributed by atoms with Crippen LogP contribution in [-0.4, -0.2) is 10.8 Å². The van der Waals surface area contributed by atoms with Crippen LogP contribution < -0.4 is 0 Å². The van der Waals surface area contributed by atoms with Gasteiger partial charge in [-0.2, -0.15) is 0 Å². The molecule has 102 valence electrons. The van der Waals surface area contributed by atoms with E-state index in [-0.39, 0.29) is 11.7 Å². The zero-order chi connectivity index (χ0) is 14.1. The van der Waals surface area contributed by atoms with Crippen molar-refractivity contribution in [3.63, 3.8) is 0 Å². The van der Waals surface area contributed by atoms with E-state index < -0.39 is 0 Å². The van der Waals surface area contributed by atoms with Crippen LogP contribution in [0.3, 0.4) is 0 Å². The Bertz CT molecular complexity index is 671. The fourth-order valence-corrected chi connectivity index (χ4v) is 3.31. The monoisotopic (exact) mass is 349 g/mol. The summed E-state index contributed by atoms with van der Waals surface area (Å²) < 4.78 is 0.863. The molecule has 1 aromatic heterocycles. The van der Waals surface area contributed by atoms with E-state index in [4.69, 9.17) is 11.6 Å². The maximum absolute atomic E-state index is 12.8. The number of rotatable bonds is 2. The van der Waals surface area contributed by atoms with E-state index in [1.54, 1.807) is 18.3 Å². The molecule has 4 heteroatoms. The number of aromatic nitrogens is 1. The number of benzene rings is 1. The van der Waals surface area contributed by atoms with Gasteiger partial charge in [-0.1, -0.05) is 33.6 Å². The Balaban J connectivity index is 2.02. The molecule has 0 fully saturated rings. The Morgan fingerprint density at radius 2 is 2.20 bits per heavy atom. The lowest BCUT2D eigenvalue weighted by molar-refractivity contribution is 0.0949. The molecule has 0 amide bonds. The molecule has 1 aliphatic carbocycles. The van der Waals surface area contributed by atoms with E-state index >= 15 is 0 Å². The average molecular weight is 351 g/mol. The van der Waals surface area contributed by atoms with Crippen LogP contribution in [0.4, 0.5) is 0 Å². The zero-order valence-electron chi connectivity index (χ0n) is 10.8. The Labute approximate surface area is 131 Å². The van der Waals surface area contributed by atoms with Crippen LogP contribution in [0.15, 0.2) is 41.0 Å². The van der Waals surface area contributed by atoms with Crippen LogP contribution in [0.2, 0.25) is 5.02 Å². The molecule has 1 aliphatic rings. The molecular weight excluding hydrogens is 338 g/mol. The van der Waals surface area contributed by atoms with Gasteiger partial charge in [0.15, 0.2) is 5.78 Å². The number of fused-ring (bicyclic) bond motifs is 1. The fourth-order valence-electron chi connectivity index (χ4n) is 2.74. The van der Waals surface area contributed by atoms with Crippen molar-refractivity contribution in [2.75, 3.05) is 0 Å². The largest absolute Gasteiger partial charge is 0.293 e. The summed E-state index contributed by atoms with van der Waals surface area (Å²) in [6.45, 7) is 0. The number of hydrogen-bond donors (Lipinski definition) is 0. The zero-order valence-corrected chi connectivity index (χ0v) is 13.1. The number of Topliss-reactive ketones (excluding diaryl/α,β-unsaturated/α-hetero) is 1. The Morgan fingerprint density at radius 1 is 1.35 bits per heavy atom. The summed E-state index contributed by atoms with van der Waals surface area (Å²) in [5, 5.41) is 0.501. The highest BCUT2D eigenvalue weighted by molar-refractivity contribution is 9.10. The third-order valence-electron chi connectivity index (χ3n) is 3.71. The molecule has 20 heavy (non-hydrogen) atoms. The Morgan fingerprint density at radius 3 is 3.05 bits per heavy atom. The second-order valence-corrected chi connectivity index (χ2v) is 6.30. The van der Waals surface area contributed by atoms with E-state index in [0.29, 0.717) is 10.6 Å². The van der Waals surface area contributed by atoms with Gasteiger partial charge in [-0.3, -0.25) is 9.78 Å².